The molecule has 0 spiro atoms. The van der Waals surface area contributed by atoms with Crippen LogP contribution in [0.4, 0.5) is 17.1 Å². The molecule has 11 heteroatoms. The maximum Gasteiger partial charge on any atom is 0.471 e. The molecule has 1 aliphatic heterocycles. The topological polar surface area (TPSA) is 91.8 Å². The van der Waals surface area contributed by atoms with Crippen molar-refractivity contribution in [2.75, 3.05) is 6.54 Å². The number of nitrogens with zero attached hydrogens (tertiary/aromatic N) is 1. The summed E-state index contributed by atoms with van der Waals surface area (Å²) >= 11 is 0. The highest BCUT2D eigenvalue weighted by Crippen LogP contribution is 2.29. The molecule has 18 heavy (non-hydrogen) atoms. The molecule has 0 radical (unpaired) electrons. The second-order valence-corrected chi connectivity index (χ2v) is 5.26. The average Bonchev–Trinajstić information content (AvgIpc) is 2.58. The van der Waals surface area contributed by atoms with Crippen LogP contribution < -0.4 is 0 Å². The molecule has 104 valence electrons. The first kappa shape index (κ1) is 14.7. The molecule has 0 aromatic rings. The summed E-state index contributed by atoms with van der Waals surface area (Å²) in [5, 5.41) is 6.65. The summed E-state index contributed by atoms with van der Waals surface area (Å²) in [4.78, 5) is 21.3. The fourth-order valence-corrected chi connectivity index (χ4v) is 2.37. The summed E-state index contributed by atoms with van der Waals surface area (Å²) in [6.07, 6.45) is -6.25. The number of amides is 1. The Morgan fingerprint density at radius 1 is 1.28 bits per heavy atom. The van der Waals surface area contributed by atoms with Gasteiger partial charge in [0.2, 0.25) is 0 Å². The third-order valence-electron chi connectivity index (χ3n) is 2.45. The summed E-state index contributed by atoms with van der Waals surface area (Å²) in [5.41, 5.74) is 0. The predicted octanol–water partition coefficient (Wildman–Crippen LogP) is -0.0979. The summed E-state index contributed by atoms with van der Waals surface area (Å²) in [6.45, 7) is -1.13. The third-order valence-corrected chi connectivity index (χ3v) is 3.59. The van der Waals surface area contributed by atoms with Crippen LogP contribution in [-0.4, -0.2) is 54.3 Å². The second kappa shape index (κ2) is 4.37. The molecule has 1 amide bonds. The van der Waals surface area contributed by atoms with Gasteiger partial charge >= 0.3 is 28.3 Å². The van der Waals surface area contributed by atoms with E-state index in [1.165, 1.54) is 0 Å². The number of carboxylic acids is 1. The highest BCUT2D eigenvalue weighted by molar-refractivity contribution is 7.87. The van der Waals surface area contributed by atoms with E-state index in [1.807, 2.05) is 0 Å². The number of alkyl halides is 3. The van der Waals surface area contributed by atoms with Gasteiger partial charge in [-0.1, -0.05) is 0 Å². The molecule has 0 bridgehead atoms. The van der Waals surface area contributed by atoms with Crippen LogP contribution in [0.15, 0.2) is 0 Å². The van der Waals surface area contributed by atoms with Crippen molar-refractivity contribution >= 4 is 22.1 Å². The Morgan fingerprint density at radius 3 is 2.11 bits per heavy atom. The zero-order valence-corrected chi connectivity index (χ0v) is 9.33. The van der Waals surface area contributed by atoms with E-state index >= 15 is 0 Å². The van der Waals surface area contributed by atoms with Gasteiger partial charge in [-0.2, -0.15) is 21.6 Å². The Hall–Kier alpha value is -1.39. The fourth-order valence-electron chi connectivity index (χ4n) is 1.62. The van der Waals surface area contributed by atoms with Crippen LogP contribution in [0.2, 0.25) is 0 Å². The summed E-state index contributed by atoms with van der Waals surface area (Å²) < 4.78 is 70.1. The van der Waals surface area contributed by atoms with Gasteiger partial charge in [-0.3, -0.25) is 4.79 Å². The average molecular weight is 293 g/mol. The van der Waals surface area contributed by atoms with E-state index in [2.05, 4.69) is 0 Å². The first-order valence-corrected chi connectivity index (χ1v) is 5.93. The third kappa shape index (κ3) is 2.89. The smallest absolute Gasteiger partial charge is 0.471 e. The van der Waals surface area contributed by atoms with Crippen molar-refractivity contribution < 1.29 is 40.2 Å². The van der Waals surface area contributed by atoms with Gasteiger partial charge in [-0.25, -0.2) is 4.79 Å². The molecule has 0 aliphatic carbocycles. The Labute approximate surface area is 98.4 Å². The molecule has 0 aromatic heterocycles. The maximum absolute atomic E-state index is 12.6. The zero-order chi connectivity index (χ0) is 14.3. The zero-order valence-electron chi connectivity index (χ0n) is 8.52. The molecule has 1 heterocycles. The number of aliphatic carboxylic acids is 1. The minimum Gasteiger partial charge on any atom is -0.480 e. The molecular formula is C7H7F4NO5S. The fraction of sp³-hybridized carbons (Fsp3) is 0.714. The van der Waals surface area contributed by atoms with Crippen LogP contribution in [0.5, 0.6) is 0 Å². The van der Waals surface area contributed by atoms with Crippen LogP contribution in [-0.2, 0) is 19.8 Å². The van der Waals surface area contributed by atoms with Gasteiger partial charge in [0.05, 0.1) is 0 Å². The second-order valence-electron chi connectivity index (χ2n) is 3.64. The Balaban J connectivity index is 3.04. The molecule has 2 unspecified atom stereocenters. The van der Waals surface area contributed by atoms with Gasteiger partial charge in [0.15, 0.2) is 0 Å². The van der Waals surface area contributed by atoms with Crippen molar-refractivity contribution in [2.45, 2.75) is 23.9 Å². The maximum atomic E-state index is 12.6. The minimum atomic E-state index is -5.34. The standard InChI is InChI=1S/C7H7F4NO5S/c8-7(9,10)6(15)12-2-3(18(11,16)17)1-4(12)5(13)14/h3-4H,1-2H2,(H,13,14). The van der Waals surface area contributed by atoms with E-state index in [0.717, 1.165) is 0 Å². The number of carbonyl (C=O) groups excluding carboxylic acids is 1. The van der Waals surface area contributed by atoms with Crippen LogP contribution in [0.1, 0.15) is 6.42 Å². The summed E-state index contributed by atoms with van der Waals surface area (Å²) in [6, 6.07) is -2.00. The summed E-state index contributed by atoms with van der Waals surface area (Å²) in [5.74, 6) is -4.32. The number of carboxylic acid groups (broad SMARTS) is 1. The Morgan fingerprint density at radius 2 is 1.78 bits per heavy atom. The molecule has 0 aromatic carbocycles. The van der Waals surface area contributed by atoms with Gasteiger partial charge in [0, 0.05) is 6.54 Å². The van der Waals surface area contributed by atoms with Crippen molar-refractivity contribution in [1.82, 2.24) is 4.90 Å². The molecule has 1 fully saturated rings. The van der Waals surface area contributed by atoms with Gasteiger partial charge in [-0.05, 0) is 6.42 Å². The van der Waals surface area contributed by atoms with Crippen molar-refractivity contribution in [3.05, 3.63) is 0 Å². The van der Waals surface area contributed by atoms with E-state index in [9.17, 15) is 35.1 Å². The van der Waals surface area contributed by atoms with E-state index in [1.54, 1.807) is 0 Å². The SMILES string of the molecule is O=C(O)C1CC(S(=O)(=O)F)CN1C(=O)C(F)(F)F. The van der Waals surface area contributed by atoms with E-state index in [0.29, 0.717) is 0 Å². The largest absolute Gasteiger partial charge is 0.480 e. The molecular weight excluding hydrogens is 286 g/mol. The van der Waals surface area contributed by atoms with Crippen molar-refractivity contribution in [3.63, 3.8) is 0 Å². The van der Waals surface area contributed by atoms with Crippen LogP contribution in [0, 0.1) is 0 Å². The van der Waals surface area contributed by atoms with E-state index < -0.39 is 52.5 Å². The van der Waals surface area contributed by atoms with E-state index in [4.69, 9.17) is 5.11 Å². The molecule has 1 rings (SSSR count). The van der Waals surface area contributed by atoms with Crippen molar-refractivity contribution in [3.8, 4) is 0 Å². The van der Waals surface area contributed by atoms with Gasteiger partial charge in [-0.15, -0.1) is 3.89 Å². The van der Waals surface area contributed by atoms with E-state index in [-0.39, 0.29) is 4.90 Å². The lowest BCUT2D eigenvalue weighted by Crippen LogP contribution is -2.47. The molecule has 1 N–H and O–H groups in total. The van der Waals surface area contributed by atoms with Crippen LogP contribution >= 0.6 is 0 Å². The molecule has 6 nitrogen and oxygen atoms in total. The minimum absolute atomic E-state index is 0.190. The predicted molar refractivity (Wildman–Crippen MR) is 47.6 cm³/mol. The highest BCUT2D eigenvalue weighted by Gasteiger charge is 2.52. The van der Waals surface area contributed by atoms with Gasteiger partial charge < -0.3 is 10.0 Å². The lowest BCUT2D eigenvalue weighted by molar-refractivity contribution is -0.187. The molecule has 0 saturated carbocycles. The Kier molecular flexibility index (Phi) is 3.56. The van der Waals surface area contributed by atoms with Crippen LogP contribution in [0.25, 0.3) is 0 Å². The summed E-state index contributed by atoms with van der Waals surface area (Å²) in [7, 11) is -5.21. The van der Waals surface area contributed by atoms with Crippen LogP contribution in [0.3, 0.4) is 0 Å². The quantitative estimate of drug-likeness (QED) is 0.567. The van der Waals surface area contributed by atoms with Gasteiger partial charge in [0.25, 0.3) is 0 Å². The molecule has 1 saturated heterocycles. The highest BCUT2D eigenvalue weighted by atomic mass is 32.3. The monoisotopic (exact) mass is 293 g/mol. The number of likely N-dealkylation sites (tertiary alicyclic amines) is 1. The first-order valence-electron chi connectivity index (χ1n) is 4.48. The normalized spacial score (nSPS) is 25.2. The number of carbonyl (C=O) groups is 2. The first-order chi connectivity index (χ1) is 7.94. The lowest BCUT2D eigenvalue weighted by atomic mass is 10.2. The van der Waals surface area contributed by atoms with Gasteiger partial charge in [0.1, 0.15) is 11.3 Å². The number of halogens is 4. The molecule has 1 aliphatic rings. The number of hydrogen-bond acceptors (Lipinski definition) is 4. The number of rotatable bonds is 2. The van der Waals surface area contributed by atoms with Crippen molar-refractivity contribution in [2.24, 2.45) is 0 Å². The lowest BCUT2D eigenvalue weighted by Gasteiger charge is -2.22. The number of hydrogen-bond donors (Lipinski definition) is 1. The molecule has 2 atom stereocenters. The Bertz CT molecular complexity index is 473. The van der Waals surface area contributed by atoms with Crippen molar-refractivity contribution in [1.29, 1.82) is 0 Å².